The van der Waals surface area contributed by atoms with Crippen LogP contribution in [0, 0.1) is 0 Å². The minimum absolute atomic E-state index is 0.0997. The molecule has 7 heteroatoms. The summed E-state index contributed by atoms with van der Waals surface area (Å²) < 4.78 is 5.26. The summed E-state index contributed by atoms with van der Waals surface area (Å²) in [6.45, 7) is 4.40. The number of aliphatic carboxylic acids is 1. The van der Waals surface area contributed by atoms with E-state index < -0.39 is 11.6 Å². The van der Waals surface area contributed by atoms with Crippen LogP contribution >= 0.6 is 11.8 Å². The lowest BCUT2D eigenvalue weighted by molar-refractivity contribution is -0.159. The highest BCUT2D eigenvalue weighted by molar-refractivity contribution is 7.98. The summed E-state index contributed by atoms with van der Waals surface area (Å²) in [5, 5.41) is 11.5. The molecule has 0 saturated carbocycles. The van der Waals surface area contributed by atoms with Crippen molar-refractivity contribution in [2.75, 3.05) is 31.7 Å². The molecule has 0 radical (unpaired) electrons. The Morgan fingerprint density at radius 3 is 2.63 bits per heavy atom. The molecule has 0 aliphatic carbocycles. The fourth-order valence-electron chi connectivity index (χ4n) is 1.96. The van der Waals surface area contributed by atoms with Gasteiger partial charge in [-0.1, -0.05) is 6.92 Å². The van der Waals surface area contributed by atoms with Crippen LogP contribution < -0.4 is 5.32 Å². The average Bonchev–Trinajstić information content (AvgIpc) is 2.32. The smallest absolute Gasteiger partial charge is 0.329 e. The van der Waals surface area contributed by atoms with Crippen LogP contribution in [0.5, 0.6) is 0 Å². The van der Waals surface area contributed by atoms with Gasteiger partial charge in [-0.2, -0.15) is 11.8 Å². The maximum Gasteiger partial charge on any atom is 0.329 e. The van der Waals surface area contributed by atoms with Gasteiger partial charge in [0.25, 0.3) is 0 Å². The summed E-state index contributed by atoms with van der Waals surface area (Å²) in [5.74, 6) is -0.0989. The maximum absolute atomic E-state index is 11.9. The first-order chi connectivity index (χ1) is 8.90. The van der Waals surface area contributed by atoms with Crippen LogP contribution in [0.2, 0.25) is 0 Å². The Labute approximate surface area is 117 Å². The summed E-state index contributed by atoms with van der Waals surface area (Å²) in [4.78, 5) is 24.0. The van der Waals surface area contributed by atoms with Gasteiger partial charge in [-0.15, -0.1) is 0 Å². The molecule has 2 N–H and O–H groups in total. The second-order valence-corrected chi connectivity index (χ2v) is 5.91. The zero-order valence-corrected chi connectivity index (χ0v) is 12.5. The minimum atomic E-state index is -0.991. The summed E-state index contributed by atoms with van der Waals surface area (Å²) in [5.41, 5.74) is -0.531. The van der Waals surface area contributed by atoms with Gasteiger partial charge in [0.05, 0.1) is 13.1 Å². The van der Waals surface area contributed by atoms with Crippen molar-refractivity contribution in [1.29, 1.82) is 0 Å². The number of hydrogen-bond acceptors (Lipinski definition) is 4. The number of nitrogens with zero attached hydrogens (tertiary/aromatic N) is 1. The van der Waals surface area contributed by atoms with Gasteiger partial charge in [-0.3, -0.25) is 0 Å². The van der Waals surface area contributed by atoms with Crippen LogP contribution in [0.25, 0.3) is 0 Å². The van der Waals surface area contributed by atoms with Crippen LogP contribution in [-0.4, -0.2) is 65.4 Å². The molecule has 0 aromatic rings. The van der Waals surface area contributed by atoms with Crippen molar-refractivity contribution in [1.82, 2.24) is 10.2 Å². The normalized spacial score (nSPS) is 18.6. The summed E-state index contributed by atoms with van der Waals surface area (Å²) >= 11 is 1.70. The topological polar surface area (TPSA) is 78.9 Å². The van der Waals surface area contributed by atoms with Crippen molar-refractivity contribution in [3.8, 4) is 0 Å². The third kappa shape index (κ3) is 4.91. The predicted octanol–water partition coefficient (Wildman–Crippen LogP) is 1.01. The van der Waals surface area contributed by atoms with Gasteiger partial charge in [-0.05, 0) is 19.6 Å². The minimum Gasteiger partial charge on any atom is -0.480 e. The van der Waals surface area contributed by atoms with Gasteiger partial charge in [0.1, 0.15) is 12.2 Å². The largest absolute Gasteiger partial charge is 0.480 e. The Morgan fingerprint density at radius 1 is 1.53 bits per heavy atom. The van der Waals surface area contributed by atoms with Gasteiger partial charge in [0, 0.05) is 11.8 Å². The molecule has 1 aliphatic rings. The third-order valence-corrected chi connectivity index (χ3v) is 3.81. The first kappa shape index (κ1) is 16.1. The van der Waals surface area contributed by atoms with Gasteiger partial charge < -0.3 is 20.1 Å². The molecule has 0 bridgehead atoms. The monoisotopic (exact) mass is 290 g/mol. The molecule has 1 aliphatic heterocycles. The van der Waals surface area contributed by atoms with E-state index in [9.17, 15) is 9.59 Å². The highest BCUT2D eigenvalue weighted by Crippen LogP contribution is 2.24. The Morgan fingerprint density at radius 2 is 2.16 bits per heavy atom. The standard InChI is InChI=1S/C12H22N2O4S/c1-4-9(6-19-3)13-11(17)14-7-12(2,8-14)18-5-10(15)16/h9H,4-8H2,1-3H3,(H,13,17)(H,15,16). The lowest BCUT2D eigenvalue weighted by Gasteiger charge is -2.47. The number of urea groups is 1. The number of nitrogens with one attached hydrogen (secondary N) is 1. The molecule has 110 valence electrons. The van der Waals surface area contributed by atoms with Crippen molar-refractivity contribution in [3.63, 3.8) is 0 Å². The number of rotatable bonds is 7. The lowest BCUT2D eigenvalue weighted by Crippen LogP contribution is -2.66. The molecule has 1 atom stereocenters. The number of carbonyl (C=O) groups excluding carboxylic acids is 1. The quantitative estimate of drug-likeness (QED) is 0.731. The number of hydrogen-bond donors (Lipinski definition) is 2. The van der Waals surface area contributed by atoms with Crippen LogP contribution in [0.15, 0.2) is 0 Å². The maximum atomic E-state index is 11.9. The molecule has 1 rings (SSSR count). The fourth-order valence-corrected chi connectivity index (χ4v) is 2.68. The number of amides is 2. The molecule has 0 aromatic heterocycles. The Bertz CT molecular complexity index is 332. The Hall–Kier alpha value is -0.950. The first-order valence-electron chi connectivity index (χ1n) is 6.30. The third-order valence-electron chi connectivity index (χ3n) is 3.07. The van der Waals surface area contributed by atoms with E-state index in [1.165, 1.54) is 0 Å². The number of ether oxygens (including phenoxy) is 1. The molecule has 19 heavy (non-hydrogen) atoms. The molecule has 1 unspecified atom stereocenters. The Kier molecular flexibility index (Phi) is 5.93. The molecule has 2 amide bonds. The molecule has 6 nitrogen and oxygen atoms in total. The van der Waals surface area contributed by atoms with Crippen molar-refractivity contribution in [2.45, 2.75) is 31.9 Å². The van der Waals surface area contributed by atoms with E-state index >= 15 is 0 Å². The van der Waals surface area contributed by atoms with Gasteiger partial charge in [-0.25, -0.2) is 9.59 Å². The molecule has 1 fully saturated rings. The summed E-state index contributed by atoms with van der Waals surface area (Å²) in [6.07, 6.45) is 2.91. The van der Waals surface area contributed by atoms with Gasteiger partial charge >= 0.3 is 12.0 Å². The SMILES string of the molecule is CCC(CSC)NC(=O)N1CC(C)(OCC(=O)O)C1. The molecular formula is C12H22N2O4S. The Balaban J connectivity index is 2.32. The zero-order chi connectivity index (χ0) is 14.5. The first-order valence-corrected chi connectivity index (χ1v) is 7.69. The highest BCUT2D eigenvalue weighted by Gasteiger charge is 2.43. The van der Waals surface area contributed by atoms with E-state index in [1.54, 1.807) is 16.7 Å². The number of likely N-dealkylation sites (tertiary alicyclic amines) is 1. The molecule has 1 saturated heterocycles. The van der Waals surface area contributed by atoms with Crippen LogP contribution in [-0.2, 0) is 9.53 Å². The average molecular weight is 290 g/mol. The number of thioether (sulfide) groups is 1. The number of carboxylic acids is 1. The lowest BCUT2D eigenvalue weighted by atomic mass is 9.97. The molecule has 0 aromatic carbocycles. The number of carbonyl (C=O) groups is 2. The van der Waals surface area contributed by atoms with Crippen LogP contribution in [0.4, 0.5) is 4.79 Å². The van der Waals surface area contributed by atoms with Crippen LogP contribution in [0.3, 0.4) is 0 Å². The second-order valence-electron chi connectivity index (χ2n) is 5.00. The van der Waals surface area contributed by atoms with E-state index in [2.05, 4.69) is 5.32 Å². The predicted molar refractivity (Wildman–Crippen MR) is 74.6 cm³/mol. The highest BCUT2D eigenvalue weighted by atomic mass is 32.2. The van der Waals surface area contributed by atoms with Crippen molar-refractivity contribution in [3.05, 3.63) is 0 Å². The number of carboxylic acid groups (broad SMARTS) is 1. The van der Waals surface area contributed by atoms with Crippen molar-refractivity contribution < 1.29 is 19.4 Å². The van der Waals surface area contributed by atoms with Crippen LogP contribution in [0.1, 0.15) is 20.3 Å². The van der Waals surface area contributed by atoms with E-state index in [4.69, 9.17) is 9.84 Å². The van der Waals surface area contributed by atoms with E-state index in [-0.39, 0.29) is 18.7 Å². The van der Waals surface area contributed by atoms with E-state index in [1.807, 2.05) is 20.1 Å². The fraction of sp³-hybridized carbons (Fsp3) is 0.833. The van der Waals surface area contributed by atoms with Gasteiger partial charge in [0.15, 0.2) is 0 Å². The molecular weight excluding hydrogens is 268 g/mol. The second kappa shape index (κ2) is 7.00. The van der Waals surface area contributed by atoms with E-state index in [0.717, 1.165) is 12.2 Å². The van der Waals surface area contributed by atoms with E-state index in [0.29, 0.717) is 13.1 Å². The molecule has 1 heterocycles. The summed E-state index contributed by atoms with van der Waals surface area (Å²) in [6, 6.07) is 0.0756. The molecule has 0 spiro atoms. The zero-order valence-electron chi connectivity index (χ0n) is 11.6. The van der Waals surface area contributed by atoms with Crippen molar-refractivity contribution >= 4 is 23.8 Å². The summed E-state index contributed by atoms with van der Waals surface area (Å²) in [7, 11) is 0. The van der Waals surface area contributed by atoms with Crippen molar-refractivity contribution in [2.24, 2.45) is 0 Å². The van der Waals surface area contributed by atoms with Gasteiger partial charge in [0.2, 0.25) is 0 Å².